The van der Waals surface area contributed by atoms with Crippen molar-refractivity contribution in [3.05, 3.63) is 11.1 Å². The SMILES string of the molecule is CCCCCCCCC1CCCC2=C1C(=O)NC2=O. The first kappa shape index (κ1) is 14.3. The maximum atomic E-state index is 11.8. The molecule has 2 aliphatic rings. The molecule has 1 N–H and O–H groups in total. The van der Waals surface area contributed by atoms with E-state index >= 15 is 0 Å². The average Bonchev–Trinajstić information content (AvgIpc) is 2.70. The van der Waals surface area contributed by atoms with Crippen LogP contribution >= 0.6 is 0 Å². The quantitative estimate of drug-likeness (QED) is 0.564. The summed E-state index contributed by atoms with van der Waals surface area (Å²) in [6.07, 6.45) is 11.7. The van der Waals surface area contributed by atoms with Crippen molar-refractivity contribution in [2.45, 2.75) is 71.1 Å². The summed E-state index contributed by atoms with van der Waals surface area (Å²) in [6.45, 7) is 2.23. The molecule has 0 aromatic carbocycles. The summed E-state index contributed by atoms with van der Waals surface area (Å²) < 4.78 is 0. The number of nitrogens with one attached hydrogen (secondary N) is 1. The molecule has 0 saturated carbocycles. The van der Waals surface area contributed by atoms with Crippen LogP contribution in [0.25, 0.3) is 0 Å². The zero-order valence-corrected chi connectivity index (χ0v) is 12.0. The highest BCUT2D eigenvalue weighted by atomic mass is 16.2. The van der Waals surface area contributed by atoms with Gasteiger partial charge < -0.3 is 0 Å². The second-order valence-corrected chi connectivity index (χ2v) is 5.82. The van der Waals surface area contributed by atoms with Gasteiger partial charge in [0.25, 0.3) is 11.8 Å². The van der Waals surface area contributed by atoms with Gasteiger partial charge in [-0.2, -0.15) is 0 Å². The molecule has 3 heteroatoms. The van der Waals surface area contributed by atoms with Gasteiger partial charge in [0.2, 0.25) is 0 Å². The van der Waals surface area contributed by atoms with Crippen LogP contribution in [0.15, 0.2) is 11.1 Å². The van der Waals surface area contributed by atoms with Crippen molar-refractivity contribution in [3.63, 3.8) is 0 Å². The number of imide groups is 1. The van der Waals surface area contributed by atoms with Crippen molar-refractivity contribution in [1.29, 1.82) is 0 Å². The van der Waals surface area contributed by atoms with E-state index in [-0.39, 0.29) is 11.8 Å². The van der Waals surface area contributed by atoms with Crippen molar-refractivity contribution in [1.82, 2.24) is 5.32 Å². The fraction of sp³-hybridized carbons (Fsp3) is 0.750. The van der Waals surface area contributed by atoms with Gasteiger partial charge in [0.15, 0.2) is 0 Å². The van der Waals surface area contributed by atoms with E-state index in [4.69, 9.17) is 0 Å². The number of rotatable bonds is 7. The third-order valence-electron chi connectivity index (χ3n) is 4.36. The molecule has 2 amide bonds. The summed E-state index contributed by atoms with van der Waals surface area (Å²) in [7, 11) is 0. The van der Waals surface area contributed by atoms with Gasteiger partial charge in [-0.1, -0.05) is 45.4 Å². The normalized spacial score (nSPS) is 22.7. The third-order valence-corrected chi connectivity index (χ3v) is 4.36. The maximum Gasteiger partial charge on any atom is 0.254 e. The van der Waals surface area contributed by atoms with Gasteiger partial charge in [0, 0.05) is 11.1 Å². The van der Waals surface area contributed by atoms with E-state index in [0.29, 0.717) is 5.92 Å². The molecule has 3 nitrogen and oxygen atoms in total. The average molecular weight is 263 g/mol. The monoisotopic (exact) mass is 263 g/mol. The smallest absolute Gasteiger partial charge is 0.254 e. The van der Waals surface area contributed by atoms with E-state index < -0.39 is 0 Å². The number of hydrogen-bond donors (Lipinski definition) is 1. The van der Waals surface area contributed by atoms with E-state index in [9.17, 15) is 9.59 Å². The molecule has 106 valence electrons. The summed E-state index contributed by atoms with van der Waals surface area (Å²) in [6, 6.07) is 0. The Morgan fingerprint density at radius 1 is 1.05 bits per heavy atom. The highest BCUT2D eigenvalue weighted by molar-refractivity contribution is 6.19. The number of amides is 2. The van der Waals surface area contributed by atoms with Crippen LogP contribution in [0.5, 0.6) is 0 Å². The predicted octanol–water partition coefficient (Wildman–Crippen LogP) is 3.49. The number of carbonyl (C=O) groups excluding carboxylic acids is 2. The minimum absolute atomic E-state index is 0.115. The third kappa shape index (κ3) is 3.46. The molecule has 0 spiro atoms. The highest BCUT2D eigenvalue weighted by Gasteiger charge is 2.36. The first-order chi connectivity index (χ1) is 9.24. The second-order valence-electron chi connectivity index (χ2n) is 5.82. The van der Waals surface area contributed by atoms with Gasteiger partial charge in [0.1, 0.15) is 0 Å². The lowest BCUT2D eigenvalue weighted by atomic mass is 9.81. The lowest BCUT2D eigenvalue weighted by Crippen LogP contribution is -2.24. The topological polar surface area (TPSA) is 46.2 Å². The molecule has 19 heavy (non-hydrogen) atoms. The summed E-state index contributed by atoms with van der Waals surface area (Å²) in [5.41, 5.74) is 1.61. The summed E-state index contributed by atoms with van der Waals surface area (Å²) in [4.78, 5) is 23.4. The lowest BCUT2D eigenvalue weighted by molar-refractivity contribution is -0.124. The van der Waals surface area contributed by atoms with Crippen LogP contribution in [0.2, 0.25) is 0 Å². The van der Waals surface area contributed by atoms with Crippen LogP contribution in [0.1, 0.15) is 71.1 Å². The number of hydrogen-bond acceptors (Lipinski definition) is 2. The van der Waals surface area contributed by atoms with Crippen molar-refractivity contribution in [2.75, 3.05) is 0 Å². The standard InChI is InChI=1S/C16H25NO2/c1-2-3-4-5-6-7-9-12-10-8-11-13-14(12)16(19)17-15(13)18/h12H,2-11H2,1H3,(H,17,18,19). The molecular weight excluding hydrogens is 238 g/mol. The highest BCUT2D eigenvalue weighted by Crippen LogP contribution is 2.36. The molecule has 1 heterocycles. The fourth-order valence-corrected chi connectivity index (χ4v) is 3.31. The Balaban J connectivity index is 1.80. The molecule has 0 bridgehead atoms. The van der Waals surface area contributed by atoms with Crippen LogP contribution < -0.4 is 5.32 Å². The van der Waals surface area contributed by atoms with Crippen molar-refractivity contribution >= 4 is 11.8 Å². The van der Waals surface area contributed by atoms with E-state index in [1.165, 1.54) is 38.5 Å². The summed E-state index contributed by atoms with van der Waals surface area (Å²) in [5, 5.41) is 2.46. The van der Waals surface area contributed by atoms with Crippen molar-refractivity contribution in [3.8, 4) is 0 Å². The van der Waals surface area contributed by atoms with Crippen LogP contribution in [0.3, 0.4) is 0 Å². The van der Waals surface area contributed by atoms with E-state index in [0.717, 1.165) is 36.8 Å². The number of carbonyl (C=O) groups is 2. The van der Waals surface area contributed by atoms with Gasteiger partial charge in [-0.25, -0.2) is 0 Å². The van der Waals surface area contributed by atoms with Gasteiger partial charge in [0.05, 0.1) is 0 Å². The predicted molar refractivity (Wildman–Crippen MR) is 75.5 cm³/mol. The maximum absolute atomic E-state index is 11.8. The second kappa shape index (κ2) is 6.88. The first-order valence-electron chi connectivity index (χ1n) is 7.82. The molecular formula is C16H25NO2. The molecule has 0 saturated heterocycles. The summed E-state index contributed by atoms with van der Waals surface area (Å²) >= 11 is 0. The van der Waals surface area contributed by atoms with Crippen LogP contribution in [0, 0.1) is 5.92 Å². The Labute approximate surface area is 115 Å². The molecule has 1 atom stereocenters. The Kier molecular flexibility index (Phi) is 5.17. The fourth-order valence-electron chi connectivity index (χ4n) is 3.31. The molecule has 1 aliphatic carbocycles. The largest absolute Gasteiger partial charge is 0.289 e. The molecule has 0 fully saturated rings. The summed E-state index contributed by atoms with van der Waals surface area (Å²) in [5.74, 6) is 0.0877. The molecule has 0 aromatic heterocycles. The van der Waals surface area contributed by atoms with Crippen molar-refractivity contribution < 1.29 is 9.59 Å². The van der Waals surface area contributed by atoms with Crippen molar-refractivity contribution in [2.24, 2.45) is 5.92 Å². The first-order valence-corrected chi connectivity index (χ1v) is 7.82. The van der Waals surface area contributed by atoms with E-state index in [1.807, 2.05) is 0 Å². The Morgan fingerprint density at radius 2 is 1.79 bits per heavy atom. The minimum atomic E-state index is -0.132. The molecule has 0 aromatic rings. The van der Waals surface area contributed by atoms with Crippen LogP contribution in [0.4, 0.5) is 0 Å². The van der Waals surface area contributed by atoms with Crippen LogP contribution in [-0.4, -0.2) is 11.8 Å². The molecule has 2 rings (SSSR count). The Bertz CT molecular complexity index is 384. The van der Waals surface area contributed by atoms with Crippen LogP contribution in [-0.2, 0) is 9.59 Å². The Hall–Kier alpha value is -1.12. The van der Waals surface area contributed by atoms with E-state index in [2.05, 4.69) is 12.2 Å². The molecule has 1 aliphatic heterocycles. The Morgan fingerprint density at radius 3 is 2.58 bits per heavy atom. The molecule has 0 radical (unpaired) electrons. The van der Waals surface area contributed by atoms with Gasteiger partial charge in [-0.15, -0.1) is 0 Å². The zero-order chi connectivity index (χ0) is 13.7. The minimum Gasteiger partial charge on any atom is -0.289 e. The molecule has 1 unspecified atom stereocenters. The lowest BCUT2D eigenvalue weighted by Gasteiger charge is -2.22. The van der Waals surface area contributed by atoms with Gasteiger partial charge >= 0.3 is 0 Å². The number of unbranched alkanes of at least 4 members (excludes halogenated alkanes) is 5. The van der Waals surface area contributed by atoms with Gasteiger partial charge in [-0.3, -0.25) is 14.9 Å². The van der Waals surface area contributed by atoms with E-state index in [1.54, 1.807) is 0 Å². The zero-order valence-electron chi connectivity index (χ0n) is 12.0. The van der Waals surface area contributed by atoms with Gasteiger partial charge in [-0.05, 0) is 31.6 Å².